The SMILES string of the molecule is N=C(N)c1cccc(-c2cc(OCc3nccs3)c3occ(COc4ccccc4CC(=O)O)c3c2)c1. The van der Waals surface area contributed by atoms with Gasteiger partial charge in [0, 0.05) is 33.7 Å². The molecule has 0 radical (unpaired) electrons. The van der Waals surface area contributed by atoms with Gasteiger partial charge in [-0.05, 0) is 35.4 Å². The number of aromatic nitrogens is 1. The Hall–Kier alpha value is -4.63. The number of nitrogens with two attached hydrogens (primary N) is 1. The maximum Gasteiger partial charge on any atom is 0.307 e. The van der Waals surface area contributed by atoms with Crippen LogP contribution in [0.4, 0.5) is 0 Å². The molecule has 0 saturated heterocycles. The van der Waals surface area contributed by atoms with E-state index in [2.05, 4.69) is 4.98 Å². The number of fused-ring (bicyclic) bond motifs is 1. The van der Waals surface area contributed by atoms with E-state index < -0.39 is 5.97 Å². The van der Waals surface area contributed by atoms with Gasteiger partial charge in [0.15, 0.2) is 11.3 Å². The van der Waals surface area contributed by atoms with Crippen molar-refractivity contribution in [2.45, 2.75) is 19.6 Å². The summed E-state index contributed by atoms with van der Waals surface area (Å²) in [4.78, 5) is 15.5. The molecule has 186 valence electrons. The summed E-state index contributed by atoms with van der Waals surface area (Å²) in [6.07, 6.45) is 3.22. The maximum atomic E-state index is 11.2. The highest BCUT2D eigenvalue weighted by atomic mass is 32.1. The second-order valence-corrected chi connectivity index (χ2v) is 9.27. The Morgan fingerprint density at radius 1 is 1.00 bits per heavy atom. The number of aliphatic carboxylic acids is 1. The number of nitrogens with zero attached hydrogens (tertiary/aromatic N) is 1. The minimum atomic E-state index is -0.927. The van der Waals surface area contributed by atoms with E-state index in [0.29, 0.717) is 34.8 Å². The monoisotopic (exact) mass is 513 g/mol. The zero-order valence-corrected chi connectivity index (χ0v) is 20.5. The molecule has 9 heteroatoms. The van der Waals surface area contributed by atoms with Crippen LogP contribution < -0.4 is 15.2 Å². The van der Waals surface area contributed by atoms with Crippen LogP contribution in [0.25, 0.3) is 22.1 Å². The van der Waals surface area contributed by atoms with Crippen LogP contribution >= 0.6 is 11.3 Å². The fraction of sp³-hybridized carbons (Fsp3) is 0.107. The average Bonchev–Trinajstić information content (AvgIpc) is 3.56. The number of amidine groups is 1. The summed E-state index contributed by atoms with van der Waals surface area (Å²) in [7, 11) is 0. The summed E-state index contributed by atoms with van der Waals surface area (Å²) in [5.41, 5.74) is 10.0. The minimum Gasteiger partial charge on any atom is -0.488 e. The van der Waals surface area contributed by atoms with Crippen LogP contribution in [0.15, 0.2) is 82.9 Å². The van der Waals surface area contributed by atoms with Crippen LogP contribution in [-0.2, 0) is 24.4 Å². The first-order chi connectivity index (χ1) is 18.0. The molecule has 0 spiro atoms. The van der Waals surface area contributed by atoms with Gasteiger partial charge in [-0.2, -0.15) is 0 Å². The van der Waals surface area contributed by atoms with Crippen molar-refractivity contribution in [2.75, 3.05) is 0 Å². The molecule has 0 saturated carbocycles. The number of thiazole rings is 1. The number of hydrogen-bond acceptors (Lipinski definition) is 7. The van der Waals surface area contributed by atoms with Gasteiger partial charge in [-0.3, -0.25) is 10.2 Å². The van der Waals surface area contributed by atoms with Gasteiger partial charge in [-0.25, -0.2) is 4.98 Å². The Balaban J connectivity index is 1.52. The van der Waals surface area contributed by atoms with Crippen LogP contribution in [0.1, 0.15) is 21.7 Å². The molecule has 37 heavy (non-hydrogen) atoms. The van der Waals surface area contributed by atoms with Crippen LogP contribution in [-0.4, -0.2) is 21.9 Å². The third-order valence-electron chi connectivity index (χ3n) is 5.76. The number of para-hydroxylation sites is 1. The van der Waals surface area contributed by atoms with Crippen molar-refractivity contribution in [3.63, 3.8) is 0 Å². The number of carboxylic acid groups (broad SMARTS) is 1. The number of furan rings is 1. The Morgan fingerprint density at radius 3 is 2.62 bits per heavy atom. The molecule has 0 unspecified atom stereocenters. The summed E-state index contributed by atoms with van der Waals surface area (Å²) in [6, 6.07) is 18.4. The van der Waals surface area contributed by atoms with Crippen LogP contribution in [0, 0.1) is 5.41 Å². The molecule has 2 heterocycles. The van der Waals surface area contributed by atoms with Gasteiger partial charge >= 0.3 is 5.97 Å². The number of ether oxygens (including phenoxy) is 2. The molecule has 5 aromatic rings. The molecule has 0 fully saturated rings. The summed E-state index contributed by atoms with van der Waals surface area (Å²) in [5.74, 6) is 0.114. The van der Waals surface area contributed by atoms with E-state index in [0.717, 1.165) is 27.1 Å². The third-order valence-corrected chi connectivity index (χ3v) is 6.51. The lowest BCUT2D eigenvalue weighted by Crippen LogP contribution is -2.10. The molecule has 0 bridgehead atoms. The van der Waals surface area contributed by atoms with Gasteiger partial charge in [0.1, 0.15) is 29.8 Å². The van der Waals surface area contributed by atoms with Crippen molar-refractivity contribution >= 4 is 34.1 Å². The number of nitrogens with one attached hydrogen (secondary N) is 1. The first kappa shape index (κ1) is 24.1. The van der Waals surface area contributed by atoms with E-state index in [1.807, 2.05) is 35.7 Å². The van der Waals surface area contributed by atoms with Gasteiger partial charge in [-0.1, -0.05) is 36.4 Å². The lowest BCUT2D eigenvalue weighted by atomic mass is 10.00. The molecule has 5 rings (SSSR count). The highest BCUT2D eigenvalue weighted by Crippen LogP contribution is 2.37. The van der Waals surface area contributed by atoms with Crippen molar-refractivity contribution in [1.82, 2.24) is 4.98 Å². The number of nitrogen functional groups attached to an aromatic ring is 1. The largest absolute Gasteiger partial charge is 0.488 e. The molecule has 0 atom stereocenters. The van der Waals surface area contributed by atoms with Gasteiger partial charge in [-0.15, -0.1) is 11.3 Å². The summed E-state index contributed by atoms with van der Waals surface area (Å²) in [6.45, 7) is 0.464. The fourth-order valence-electron chi connectivity index (χ4n) is 3.98. The quantitative estimate of drug-likeness (QED) is 0.163. The molecule has 0 amide bonds. The van der Waals surface area contributed by atoms with E-state index in [4.69, 9.17) is 25.0 Å². The van der Waals surface area contributed by atoms with Gasteiger partial charge in [0.2, 0.25) is 0 Å². The van der Waals surface area contributed by atoms with Crippen molar-refractivity contribution in [1.29, 1.82) is 5.41 Å². The first-order valence-electron chi connectivity index (χ1n) is 11.4. The Morgan fingerprint density at radius 2 is 1.84 bits per heavy atom. The van der Waals surface area contributed by atoms with Gasteiger partial charge in [0.25, 0.3) is 0 Å². The van der Waals surface area contributed by atoms with E-state index in [9.17, 15) is 9.90 Å². The number of benzene rings is 3. The summed E-state index contributed by atoms with van der Waals surface area (Å²) < 4.78 is 18.1. The maximum absolute atomic E-state index is 11.2. The smallest absolute Gasteiger partial charge is 0.307 e. The molecule has 8 nitrogen and oxygen atoms in total. The normalized spacial score (nSPS) is 10.9. The standard InChI is InChI=1S/C28H23N3O5S/c29-28(30)19-6-3-5-17(10-19)20-11-22-21(14-34-23-7-2-1-4-18(23)13-26(32)33)15-36-27(22)24(12-20)35-16-25-31-8-9-37-25/h1-12,15H,13-14,16H2,(H3,29,30)(H,32,33). The van der Waals surface area contributed by atoms with Crippen LogP contribution in [0.2, 0.25) is 0 Å². The van der Waals surface area contributed by atoms with E-state index in [1.165, 1.54) is 11.3 Å². The van der Waals surface area contributed by atoms with E-state index >= 15 is 0 Å². The molecule has 4 N–H and O–H groups in total. The van der Waals surface area contributed by atoms with Crippen molar-refractivity contribution in [3.8, 4) is 22.6 Å². The predicted octanol–water partition coefficient (Wildman–Crippen LogP) is 5.63. The Bertz CT molecular complexity index is 1580. The minimum absolute atomic E-state index is 0.0133. The molecule has 0 aliphatic carbocycles. The second-order valence-electron chi connectivity index (χ2n) is 8.29. The highest BCUT2D eigenvalue weighted by Gasteiger charge is 2.17. The predicted molar refractivity (Wildman–Crippen MR) is 141 cm³/mol. The van der Waals surface area contributed by atoms with Crippen LogP contribution in [0.3, 0.4) is 0 Å². The van der Waals surface area contributed by atoms with Crippen molar-refractivity contribution < 1.29 is 23.8 Å². The highest BCUT2D eigenvalue weighted by molar-refractivity contribution is 7.09. The second kappa shape index (κ2) is 10.5. The summed E-state index contributed by atoms with van der Waals surface area (Å²) in [5, 5.41) is 20.5. The number of carboxylic acids is 1. The average molecular weight is 514 g/mol. The third kappa shape index (κ3) is 5.46. The fourth-order valence-corrected chi connectivity index (χ4v) is 4.51. The van der Waals surface area contributed by atoms with Crippen molar-refractivity contribution in [2.24, 2.45) is 5.73 Å². The van der Waals surface area contributed by atoms with Crippen LogP contribution in [0.5, 0.6) is 11.5 Å². The summed E-state index contributed by atoms with van der Waals surface area (Å²) >= 11 is 1.50. The first-order valence-corrected chi connectivity index (χ1v) is 12.3. The zero-order valence-electron chi connectivity index (χ0n) is 19.6. The molecular formula is C28H23N3O5S. The number of carbonyl (C=O) groups is 1. The zero-order chi connectivity index (χ0) is 25.8. The van der Waals surface area contributed by atoms with Crippen molar-refractivity contribution in [3.05, 3.63) is 100 Å². The lowest BCUT2D eigenvalue weighted by molar-refractivity contribution is -0.136. The number of rotatable bonds is 10. The molecule has 2 aromatic heterocycles. The van der Waals surface area contributed by atoms with Gasteiger partial charge < -0.3 is 24.7 Å². The van der Waals surface area contributed by atoms with Gasteiger partial charge in [0.05, 0.1) is 12.7 Å². The molecule has 0 aliphatic heterocycles. The Kier molecular flexibility index (Phi) is 6.87. The molecule has 0 aliphatic rings. The molecule has 3 aromatic carbocycles. The Labute approximate surface area is 216 Å². The lowest BCUT2D eigenvalue weighted by Gasteiger charge is -2.11. The molecular weight excluding hydrogens is 490 g/mol. The van der Waals surface area contributed by atoms with E-state index in [1.54, 1.807) is 42.8 Å². The van der Waals surface area contributed by atoms with E-state index in [-0.39, 0.29) is 18.9 Å². The number of hydrogen-bond donors (Lipinski definition) is 3. The topological polar surface area (TPSA) is 132 Å².